The van der Waals surface area contributed by atoms with Crippen molar-refractivity contribution < 1.29 is 8.42 Å². The van der Waals surface area contributed by atoms with Gasteiger partial charge in [-0.25, -0.2) is 18.4 Å². The van der Waals surface area contributed by atoms with Gasteiger partial charge in [-0.1, -0.05) is 12.1 Å². The fourth-order valence-electron chi connectivity index (χ4n) is 4.03. The molecule has 0 aliphatic rings. The van der Waals surface area contributed by atoms with Crippen LogP contribution in [0.4, 0.5) is 0 Å². The van der Waals surface area contributed by atoms with Gasteiger partial charge in [0.1, 0.15) is 5.52 Å². The molecule has 9 heteroatoms. The van der Waals surface area contributed by atoms with Crippen LogP contribution in [0.2, 0.25) is 0 Å². The molecular formula is C27H21N5O3S. The highest BCUT2D eigenvalue weighted by Crippen LogP contribution is 2.28. The molecule has 0 atom stereocenters. The summed E-state index contributed by atoms with van der Waals surface area (Å²) in [5, 5.41) is 10.2. The van der Waals surface area contributed by atoms with Crippen LogP contribution in [0.1, 0.15) is 19.4 Å². The van der Waals surface area contributed by atoms with Gasteiger partial charge in [-0.15, -0.1) is 0 Å². The second kappa shape index (κ2) is 8.36. The van der Waals surface area contributed by atoms with Crippen LogP contribution in [0.5, 0.6) is 0 Å². The number of rotatable bonds is 4. The summed E-state index contributed by atoms with van der Waals surface area (Å²) in [4.78, 5) is 26.5. The largest absolute Gasteiger partial charge is 0.275 e. The van der Waals surface area contributed by atoms with Crippen molar-refractivity contribution in [3.05, 3.63) is 89.0 Å². The third-order valence-electron chi connectivity index (χ3n) is 6.10. The highest BCUT2D eigenvalue weighted by Gasteiger charge is 2.20. The summed E-state index contributed by atoms with van der Waals surface area (Å²) >= 11 is 0. The summed E-state index contributed by atoms with van der Waals surface area (Å²) in [6.07, 6.45) is 4.27. The van der Waals surface area contributed by atoms with Gasteiger partial charge in [-0.05, 0) is 61.9 Å². The lowest BCUT2D eigenvalue weighted by Gasteiger charge is -2.17. The topological polar surface area (TPSA) is 119 Å². The molecule has 1 aromatic carbocycles. The Kier molecular flexibility index (Phi) is 5.42. The molecule has 4 heterocycles. The van der Waals surface area contributed by atoms with Gasteiger partial charge in [0.25, 0.3) is 5.56 Å². The molecule has 0 spiro atoms. The summed E-state index contributed by atoms with van der Waals surface area (Å²) < 4.78 is 25.1. The van der Waals surface area contributed by atoms with Crippen molar-refractivity contribution in [2.75, 3.05) is 6.26 Å². The van der Waals surface area contributed by atoms with Gasteiger partial charge in [0.2, 0.25) is 0 Å². The fraction of sp³-hybridized carbons (Fsp3) is 0.148. The normalized spacial score (nSPS) is 12.1. The average molecular weight is 496 g/mol. The van der Waals surface area contributed by atoms with Crippen molar-refractivity contribution in [2.24, 2.45) is 0 Å². The van der Waals surface area contributed by atoms with Crippen LogP contribution in [0.3, 0.4) is 0 Å². The summed E-state index contributed by atoms with van der Waals surface area (Å²) in [6, 6.07) is 19.5. The van der Waals surface area contributed by atoms with Crippen molar-refractivity contribution in [2.45, 2.75) is 24.3 Å². The molecule has 0 amide bonds. The van der Waals surface area contributed by atoms with Gasteiger partial charge >= 0.3 is 0 Å². The Morgan fingerprint density at radius 1 is 0.917 bits per heavy atom. The minimum atomic E-state index is -3.42. The number of nitrogens with zero attached hydrogens (tertiary/aromatic N) is 5. The van der Waals surface area contributed by atoms with Gasteiger partial charge in [-0.3, -0.25) is 14.3 Å². The zero-order valence-corrected chi connectivity index (χ0v) is 20.6. The third kappa shape index (κ3) is 4.01. The maximum Gasteiger partial charge on any atom is 0.255 e. The van der Waals surface area contributed by atoms with E-state index in [4.69, 9.17) is 4.98 Å². The lowest BCUT2D eigenvalue weighted by molar-refractivity contribution is 0.598. The number of nitriles is 1. The Balaban J connectivity index is 1.73. The second-order valence-electron chi connectivity index (χ2n) is 9.07. The second-order valence-corrected chi connectivity index (χ2v) is 11.0. The average Bonchev–Trinajstić information content (AvgIpc) is 2.88. The first-order chi connectivity index (χ1) is 17.1. The number of fused-ring (bicyclic) bond motifs is 3. The molecule has 0 aliphatic heterocycles. The minimum Gasteiger partial charge on any atom is -0.275 e. The van der Waals surface area contributed by atoms with E-state index in [1.54, 1.807) is 29.0 Å². The molecular weight excluding hydrogens is 474 g/mol. The predicted molar refractivity (Wildman–Crippen MR) is 138 cm³/mol. The van der Waals surface area contributed by atoms with Crippen molar-refractivity contribution in [1.29, 1.82) is 5.26 Å². The molecule has 0 fully saturated rings. The molecule has 0 saturated carbocycles. The molecule has 0 radical (unpaired) electrons. The molecule has 0 saturated heterocycles. The van der Waals surface area contributed by atoms with Gasteiger partial charge in [0, 0.05) is 41.4 Å². The van der Waals surface area contributed by atoms with E-state index in [2.05, 4.69) is 16.0 Å². The molecule has 36 heavy (non-hydrogen) atoms. The highest BCUT2D eigenvalue weighted by molar-refractivity contribution is 7.90. The number of sulfone groups is 1. The van der Waals surface area contributed by atoms with E-state index >= 15 is 0 Å². The highest BCUT2D eigenvalue weighted by atomic mass is 32.2. The van der Waals surface area contributed by atoms with Crippen LogP contribution in [0.25, 0.3) is 38.9 Å². The van der Waals surface area contributed by atoms with Gasteiger partial charge in [0.15, 0.2) is 14.9 Å². The quantitative estimate of drug-likeness (QED) is 0.343. The summed E-state index contributed by atoms with van der Waals surface area (Å²) in [7, 11) is -3.42. The Bertz CT molecular complexity index is 1850. The van der Waals surface area contributed by atoms with Crippen molar-refractivity contribution in [1.82, 2.24) is 19.5 Å². The maximum atomic E-state index is 13.1. The fourth-order valence-corrected chi connectivity index (χ4v) is 4.59. The lowest BCUT2D eigenvalue weighted by Crippen LogP contribution is -2.19. The Morgan fingerprint density at radius 3 is 2.31 bits per heavy atom. The van der Waals surface area contributed by atoms with E-state index in [0.717, 1.165) is 17.2 Å². The number of hydrogen-bond donors (Lipinski definition) is 0. The van der Waals surface area contributed by atoms with Gasteiger partial charge in [-0.2, -0.15) is 5.26 Å². The maximum absolute atomic E-state index is 13.1. The number of benzene rings is 1. The van der Waals surface area contributed by atoms with Crippen LogP contribution < -0.4 is 5.56 Å². The zero-order chi connectivity index (χ0) is 25.7. The van der Waals surface area contributed by atoms with Crippen LogP contribution in [0.15, 0.2) is 82.9 Å². The van der Waals surface area contributed by atoms with Crippen molar-refractivity contribution >= 4 is 31.8 Å². The summed E-state index contributed by atoms with van der Waals surface area (Å²) in [6.45, 7) is 3.68. The lowest BCUT2D eigenvalue weighted by atomic mass is 9.86. The Morgan fingerprint density at radius 2 is 1.67 bits per heavy atom. The molecule has 178 valence electrons. The van der Waals surface area contributed by atoms with Crippen molar-refractivity contribution in [3.63, 3.8) is 0 Å². The van der Waals surface area contributed by atoms with Crippen molar-refractivity contribution in [3.8, 4) is 23.0 Å². The molecule has 5 aromatic rings. The summed E-state index contributed by atoms with van der Waals surface area (Å²) in [5.74, 6) is 0. The molecule has 5 rings (SSSR count). The van der Waals surface area contributed by atoms with Crippen LogP contribution in [-0.2, 0) is 15.3 Å². The zero-order valence-electron chi connectivity index (χ0n) is 19.8. The van der Waals surface area contributed by atoms with Crippen LogP contribution in [-0.4, -0.2) is 34.2 Å². The van der Waals surface area contributed by atoms with E-state index in [1.807, 2.05) is 44.2 Å². The first kappa shape index (κ1) is 23.3. The molecule has 0 N–H and O–H groups in total. The van der Waals surface area contributed by atoms with E-state index in [-0.39, 0.29) is 10.6 Å². The number of pyridine rings is 4. The predicted octanol–water partition coefficient (Wildman–Crippen LogP) is 4.20. The van der Waals surface area contributed by atoms with Gasteiger partial charge < -0.3 is 0 Å². The Hall–Kier alpha value is -4.42. The smallest absolute Gasteiger partial charge is 0.255 e. The molecule has 4 aromatic heterocycles. The van der Waals surface area contributed by atoms with E-state index in [0.29, 0.717) is 33.5 Å². The first-order valence-corrected chi connectivity index (χ1v) is 13.0. The SMILES string of the molecule is CC(C)(C#N)c1ccc(-n2c(=O)ccc3cnc4ccc(-c5ccc(S(C)(=O)=O)nc5)nc4c32)cc1. The van der Waals surface area contributed by atoms with E-state index < -0.39 is 15.3 Å². The van der Waals surface area contributed by atoms with E-state index in [9.17, 15) is 18.5 Å². The van der Waals surface area contributed by atoms with E-state index in [1.165, 1.54) is 18.3 Å². The van der Waals surface area contributed by atoms with Crippen LogP contribution in [0, 0.1) is 11.3 Å². The minimum absolute atomic E-state index is 0.0176. The molecule has 8 nitrogen and oxygen atoms in total. The number of hydrogen-bond acceptors (Lipinski definition) is 7. The Labute approximate surface area is 207 Å². The van der Waals surface area contributed by atoms with Gasteiger partial charge in [0.05, 0.1) is 28.2 Å². The molecule has 0 aliphatic carbocycles. The summed E-state index contributed by atoms with van der Waals surface area (Å²) in [5.41, 5.74) is 3.53. The molecule has 0 bridgehead atoms. The number of aromatic nitrogens is 4. The van der Waals surface area contributed by atoms with Crippen LogP contribution >= 0.6 is 0 Å². The standard InChI is InChI=1S/C27H21N5O3S/c1-27(2,16-28)19-6-8-20(9-7-19)32-24(33)13-5-18-15-29-22-11-10-21(31-25(22)26(18)32)17-4-12-23(30-14-17)36(3,34)35/h4-15H,1-3H3. The first-order valence-electron chi connectivity index (χ1n) is 11.1. The molecule has 0 unspecified atom stereocenters. The monoisotopic (exact) mass is 495 g/mol. The third-order valence-corrected chi connectivity index (χ3v) is 7.10.